The molecule has 0 bridgehead atoms. The Bertz CT molecular complexity index is 904. The predicted molar refractivity (Wildman–Crippen MR) is 86.5 cm³/mol. The maximum atomic E-state index is 11.5. The number of halogens is 1. The molecule has 1 aliphatic rings. The highest BCUT2D eigenvalue weighted by molar-refractivity contribution is 6.33. The largest absolute Gasteiger partial charge is 0.482 e. The molecule has 0 atom stereocenters. The molecule has 1 aliphatic heterocycles. The molecule has 23 heavy (non-hydrogen) atoms. The van der Waals surface area contributed by atoms with E-state index >= 15 is 0 Å². The lowest BCUT2D eigenvalue weighted by Crippen LogP contribution is -2.25. The van der Waals surface area contributed by atoms with Gasteiger partial charge in [0, 0.05) is 16.1 Å². The van der Waals surface area contributed by atoms with Crippen LogP contribution in [-0.2, 0) is 4.79 Å². The summed E-state index contributed by atoms with van der Waals surface area (Å²) in [6, 6.07) is 13.0. The zero-order valence-electron chi connectivity index (χ0n) is 11.9. The van der Waals surface area contributed by atoms with Crippen molar-refractivity contribution in [2.24, 2.45) is 0 Å². The molecule has 2 heterocycles. The van der Waals surface area contributed by atoms with E-state index < -0.39 is 0 Å². The highest BCUT2D eigenvalue weighted by Gasteiger charge is 2.19. The number of carbonyl (C=O) groups excluding carboxylic acids is 1. The summed E-state index contributed by atoms with van der Waals surface area (Å²) in [7, 11) is 0. The second-order valence-electron chi connectivity index (χ2n) is 5.10. The molecule has 1 N–H and O–H groups in total. The molecule has 0 unspecified atom stereocenters. The van der Waals surface area contributed by atoms with Crippen molar-refractivity contribution in [3.05, 3.63) is 53.8 Å². The molecule has 114 valence electrons. The van der Waals surface area contributed by atoms with Gasteiger partial charge < -0.3 is 14.6 Å². The van der Waals surface area contributed by atoms with Gasteiger partial charge in [-0.05, 0) is 24.3 Å². The van der Waals surface area contributed by atoms with Crippen molar-refractivity contribution in [2.75, 3.05) is 11.9 Å². The summed E-state index contributed by atoms with van der Waals surface area (Å²) in [5, 5.41) is 7.49. The van der Waals surface area contributed by atoms with Crippen LogP contribution >= 0.6 is 11.6 Å². The lowest BCUT2D eigenvalue weighted by atomic mass is 10.0. The number of hydrogen-bond donors (Lipinski definition) is 1. The Balaban J connectivity index is 1.81. The van der Waals surface area contributed by atoms with Crippen molar-refractivity contribution >= 4 is 23.2 Å². The van der Waals surface area contributed by atoms with E-state index in [1.807, 2.05) is 36.4 Å². The first kappa shape index (κ1) is 13.8. The average Bonchev–Trinajstić information content (AvgIpc) is 3.04. The van der Waals surface area contributed by atoms with Crippen molar-refractivity contribution in [3.8, 4) is 28.1 Å². The topological polar surface area (TPSA) is 64.4 Å². The molecule has 5 nitrogen and oxygen atoms in total. The molecule has 3 aromatic rings. The van der Waals surface area contributed by atoms with Crippen molar-refractivity contribution in [1.82, 2.24) is 5.16 Å². The van der Waals surface area contributed by atoms with Crippen LogP contribution in [0.1, 0.15) is 0 Å². The second-order valence-corrected chi connectivity index (χ2v) is 5.51. The van der Waals surface area contributed by atoms with Gasteiger partial charge in [-0.1, -0.05) is 35.0 Å². The highest BCUT2D eigenvalue weighted by Crippen LogP contribution is 2.38. The van der Waals surface area contributed by atoms with E-state index in [0.29, 0.717) is 22.2 Å². The van der Waals surface area contributed by atoms with E-state index in [4.69, 9.17) is 20.9 Å². The normalized spacial score (nSPS) is 13.2. The molecule has 1 amide bonds. The highest BCUT2D eigenvalue weighted by atomic mass is 35.5. The lowest BCUT2D eigenvalue weighted by molar-refractivity contribution is -0.118. The summed E-state index contributed by atoms with van der Waals surface area (Å²) in [6.07, 6.45) is 1.56. The van der Waals surface area contributed by atoms with E-state index in [1.54, 1.807) is 12.3 Å². The van der Waals surface area contributed by atoms with E-state index in [2.05, 4.69) is 10.5 Å². The van der Waals surface area contributed by atoms with Crippen LogP contribution in [0.5, 0.6) is 5.75 Å². The maximum Gasteiger partial charge on any atom is 0.262 e. The number of carbonyl (C=O) groups is 1. The molecule has 0 spiro atoms. The Hall–Kier alpha value is -2.79. The lowest BCUT2D eigenvalue weighted by Gasteiger charge is -2.18. The van der Waals surface area contributed by atoms with E-state index in [0.717, 1.165) is 16.7 Å². The van der Waals surface area contributed by atoms with Gasteiger partial charge in [-0.3, -0.25) is 4.79 Å². The van der Waals surface area contributed by atoms with Gasteiger partial charge in [-0.25, -0.2) is 0 Å². The van der Waals surface area contributed by atoms with Crippen LogP contribution in [0.2, 0.25) is 5.02 Å². The number of rotatable bonds is 2. The van der Waals surface area contributed by atoms with Crippen LogP contribution in [0.15, 0.2) is 53.3 Å². The molecule has 1 aromatic heterocycles. The first-order valence-electron chi connectivity index (χ1n) is 6.99. The van der Waals surface area contributed by atoms with Crippen LogP contribution in [0.25, 0.3) is 22.4 Å². The van der Waals surface area contributed by atoms with Gasteiger partial charge in [0.2, 0.25) is 0 Å². The van der Waals surface area contributed by atoms with E-state index in [1.165, 1.54) is 0 Å². The van der Waals surface area contributed by atoms with Crippen molar-refractivity contribution in [3.63, 3.8) is 0 Å². The van der Waals surface area contributed by atoms with Crippen molar-refractivity contribution in [2.45, 2.75) is 0 Å². The number of nitrogens with one attached hydrogen (secondary N) is 1. The summed E-state index contributed by atoms with van der Waals surface area (Å²) in [6.45, 7) is 0.0289. The molecule has 0 saturated carbocycles. The zero-order valence-corrected chi connectivity index (χ0v) is 12.6. The fourth-order valence-corrected chi connectivity index (χ4v) is 2.78. The van der Waals surface area contributed by atoms with Gasteiger partial charge in [0.1, 0.15) is 17.7 Å². The minimum Gasteiger partial charge on any atom is -0.482 e. The molecule has 6 heteroatoms. The van der Waals surface area contributed by atoms with Gasteiger partial charge in [-0.2, -0.15) is 0 Å². The predicted octanol–water partition coefficient (Wildman–Crippen LogP) is 3.99. The van der Waals surface area contributed by atoms with Crippen LogP contribution in [0.4, 0.5) is 5.69 Å². The van der Waals surface area contributed by atoms with Crippen molar-refractivity contribution < 1.29 is 14.1 Å². The minimum absolute atomic E-state index is 0.0289. The Morgan fingerprint density at radius 1 is 1.13 bits per heavy atom. The Kier molecular flexibility index (Phi) is 3.28. The smallest absolute Gasteiger partial charge is 0.262 e. The van der Waals surface area contributed by atoms with E-state index in [-0.39, 0.29) is 12.5 Å². The summed E-state index contributed by atoms with van der Waals surface area (Å²) in [5.41, 5.74) is 3.70. The van der Waals surface area contributed by atoms with Gasteiger partial charge in [-0.15, -0.1) is 0 Å². The first-order chi connectivity index (χ1) is 11.2. The number of anilines is 1. The quantitative estimate of drug-likeness (QED) is 0.773. The number of nitrogens with zero attached hydrogens (tertiary/aromatic N) is 1. The van der Waals surface area contributed by atoms with Gasteiger partial charge >= 0.3 is 0 Å². The summed E-state index contributed by atoms with van der Waals surface area (Å²) >= 11 is 6.26. The molecule has 0 radical (unpaired) electrons. The fraction of sp³-hybridized carbons (Fsp3) is 0.0588. The maximum absolute atomic E-state index is 11.5. The summed E-state index contributed by atoms with van der Waals surface area (Å²) in [5.74, 6) is 0.456. The van der Waals surface area contributed by atoms with Crippen LogP contribution < -0.4 is 10.1 Å². The third-order valence-corrected chi connectivity index (χ3v) is 3.95. The molecular formula is C17H11ClN2O3. The second kappa shape index (κ2) is 5.44. The van der Waals surface area contributed by atoms with Gasteiger partial charge in [0.25, 0.3) is 5.91 Å². The van der Waals surface area contributed by atoms with Crippen molar-refractivity contribution in [1.29, 1.82) is 0 Å². The summed E-state index contributed by atoms with van der Waals surface area (Å²) in [4.78, 5) is 11.5. The Morgan fingerprint density at radius 2 is 2.00 bits per heavy atom. The Labute approximate surface area is 136 Å². The zero-order chi connectivity index (χ0) is 15.8. The number of aromatic nitrogens is 1. The first-order valence-corrected chi connectivity index (χ1v) is 7.36. The minimum atomic E-state index is -0.180. The Morgan fingerprint density at radius 3 is 2.87 bits per heavy atom. The SMILES string of the molecule is O=C1COc2ccc(-c3nocc3-c3ccccc3Cl)cc2N1. The third-order valence-electron chi connectivity index (χ3n) is 3.62. The number of amides is 1. The standard InChI is InChI=1S/C17H11ClN2O3/c18-13-4-2-1-3-11(13)12-8-23-20-17(12)10-5-6-15-14(7-10)19-16(21)9-22-15/h1-8H,9H2,(H,19,21). The molecule has 2 aromatic carbocycles. The van der Waals surface area contributed by atoms with Crippen LogP contribution in [-0.4, -0.2) is 17.7 Å². The van der Waals surface area contributed by atoms with Crippen LogP contribution in [0.3, 0.4) is 0 Å². The van der Waals surface area contributed by atoms with E-state index in [9.17, 15) is 4.79 Å². The number of benzene rings is 2. The molecule has 0 saturated heterocycles. The van der Waals surface area contributed by atoms with Gasteiger partial charge in [0.05, 0.1) is 11.3 Å². The average molecular weight is 327 g/mol. The molecule has 4 rings (SSSR count). The van der Waals surface area contributed by atoms with Gasteiger partial charge in [0.15, 0.2) is 6.61 Å². The third kappa shape index (κ3) is 2.45. The molecular weight excluding hydrogens is 316 g/mol. The number of ether oxygens (including phenoxy) is 1. The number of hydrogen-bond acceptors (Lipinski definition) is 4. The summed E-state index contributed by atoms with van der Waals surface area (Å²) < 4.78 is 10.5. The van der Waals surface area contributed by atoms with Crippen LogP contribution in [0, 0.1) is 0 Å². The monoisotopic (exact) mass is 326 g/mol. The molecule has 0 fully saturated rings. The molecule has 0 aliphatic carbocycles. The fourth-order valence-electron chi connectivity index (χ4n) is 2.55. The number of fused-ring (bicyclic) bond motifs is 1.